The number of methoxy groups -OCH3 is 1. The average Bonchev–Trinajstić information content (AvgIpc) is 2.96. The van der Waals surface area contributed by atoms with Crippen molar-refractivity contribution < 1.29 is 9.53 Å². The summed E-state index contributed by atoms with van der Waals surface area (Å²) in [5.41, 5.74) is 2.19. The van der Waals surface area contributed by atoms with E-state index in [0.717, 1.165) is 24.8 Å². The highest BCUT2D eigenvalue weighted by molar-refractivity contribution is 7.16. The van der Waals surface area contributed by atoms with E-state index >= 15 is 0 Å². The van der Waals surface area contributed by atoms with Crippen molar-refractivity contribution in [3.05, 3.63) is 43.7 Å². The van der Waals surface area contributed by atoms with E-state index in [4.69, 9.17) is 27.9 Å². The number of hydrogen-bond donors (Lipinski definition) is 1. The molecular weight excluding hydrogens is 415 g/mol. The highest BCUT2D eigenvalue weighted by Gasteiger charge is 2.32. The van der Waals surface area contributed by atoms with Crippen molar-refractivity contribution in [1.82, 2.24) is 0 Å². The Morgan fingerprint density at radius 2 is 1.96 bits per heavy atom. The first-order valence-corrected chi connectivity index (χ1v) is 10.6. The summed E-state index contributed by atoms with van der Waals surface area (Å²) >= 11 is 13.8. The third kappa shape index (κ3) is 4.00. The van der Waals surface area contributed by atoms with Gasteiger partial charge in [-0.3, -0.25) is 4.79 Å². The number of carbonyl (C=O) groups excluding carboxylic acids is 1. The van der Waals surface area contributed by atoms with Crippen LogP contribution in [-0.2, 0) is 12.8 Å². The number of anilines is 1. The van der Waals surface area contributed by atoms with E-state index in [1.54, 1.807) is 0 Å². The van der Waals surface area contributed by atoms with Crippen LogP contribution < -0.4 is 10.1 Å². The molecule has 1 aliphatic rings. The number of rotatable bonds is 3. The predicted molar refractivity (Wildman–Crippen MR) is 115 cm³/mol. The number of carbonyl (C=O) groups is 1. The maximum Gasteiger partial charge on any atom is 0.256 e. The van der Waals surface area contributed by atoms with Crippen LogP contribution >= 0.6 is 34.5 Å². The lowest BCUT2D eigenvalue weighted by atomic mass is 9.72. The highest BCUT2D eigenvalue weighted by Crippen LogP contribution is 2.44. The van der Waals surface area contributed by atoms with Crippen LogP contribution in [0.4, 0.5) is 5.00 Å². The van der Waals surface area contributed by atoms with Crippen molar-refractivity contribution in [1.29, 1.82) is 5.26 Å². The summed E-state index contributed by atoms with van der Waals surface area (Å²) in [4.78, 5) is 13.9. The smallest absolute Gasteiger partial charge is 0.256 e. The first kappa shape index (κ1) is 21.0. The van der Waals surface area contributed by atoms with Gasteiger partial charge in [-0.1, -0.05) is 44.0 Å². The molecule has 0 bridgehead atoms. The van der Waals surface area contributed by atoms with Crippen molar-refractivity contribution in [2.75, 3.05) is 12.4 Å². The van der Waals surface area contributed by atoms with E-state index < -0.39 is 0 Å². The Kier molecular flexibility index (Phi) is 5.95. The minimum atomic E-state index is -0.353. The fraction of sp³-hybridized carbons (Fsp3) is 0.429. The summed E-state index contributed by atoms with van der Waals surface area (Å²) in [5.74, 6) is 0.541. The standard InChI is InChI=1S/C21H22Cl2N2O2S/c1-21(2,3)12-5-6-13-14(10-24)20(28-17(13)9-12)25-19(26)11-7-15(22)18(27-4)16(23)8-11/h7-8,12H,5-6,9H2,1-4H3,(H,25,26)/t12-/m1/s1. The van der Waals surface area contributed by atoms with E-state index in [1.165, 1.54) is 35.5 Å². The maximum atomic E-state index is 12.8. The minimum absolute atomic E-state index is 0.217. The van der Waals surface area contributed by atoms with Crippen molar-refractivity contribution in [2.45, 2.75) is 40.0 Å². The molecule has 3 rings (SSSR count). The quantitative estimate of drug-likeness (QED) is 0.610. The lowest BCUT2D eigenvalue weighted by molar-refractivity contribution is 0.102. The van der Waals surface area contributed by atoms with Crippen LogP contribution in [-0.4, -0.2) is 13.0 Å². The van der Waals surface area contributed by atoms with Crippen LogP contribution in [0, 0.1) is 22.7 Å². The van der Waals surface area contributed by atoms with Gasteiger partial charge >= 0.3 is 0 Å². The van der Waals surface area contributed by atoms with Gasteiger partial charge in [0.25, 0.3) is 5.91 Å². The van der Waals surface area contributed by atoms with Crippen molar-refractivity contribution in [3.63, 3.8) is 0 Å². The molecule has 1 aromatic heterocycles. The number of thiophene rings is 1. The molecule has 0 saturated carbocycles. The van der Waals surface area contributed by atoms with Gasteiger partial charge in [0.1, 0.15) is 11.1 Å². The van der Waals surface area contributed by atoms with E-state index in [2.05, 4.69) is 32.2 Å². The molecule has 0 saturated heterocycles. The van der Waals surface area contributed by atoms with Crippen LogP contribution in [0.15, 0.2) is 12.1 Å². The number of amides is 1. The third-order valence-corrected chi connectivity index (χ3v) is 7.02. The molecule has 0 aliphatic heterocycles. The Balaban J connectivity index is 1.89. The second kappa shape index (κ2) is 7.94. The zero-order valence-corrected chi connectivity index (χ0v) is 18.6. The Bertz CT molecular complexity index is 947. The summed E-state index contributed by atoms with van der Waals surface area (Å²) in [6, 6.07) is 5.30. The number of nitrogens with one attached hydrogen (secondary N) is 1. The van der Waals surface area contributed by atoms with Crippen molar-refractivity contribution >= 4 is 45.4 Å². The van der Waals surface area contributed by atoms with Gasteiger partial charge in [0.2, 0.25) is 0 Å². The highest BCUT2D eigenvalue weighted by atomic mass is 35.5. The van der Waals surface area contributed by atoms with Gasteiger partial charge < -0.3 is 10.1 Å². The second-order valence-electron chi connectivity index (χ2n) is 8.05. The third-order valence-electron chi connectivity index (χ3n) is 5.29. The number of fused-ring (bicyclic) bond motifs is 1. The molecule has 1 atom stereocenters. The summed E-state index contributed by atoms with van der Waals surface area (Å²) in [6.07, 6.45) is 2.86. The average molecular weight is 437 g/mol. The van der Waals surface area contributed by atoms with Crippen LogP contribution in [0.5, 0.6) is 5.75 Å². The Labute approximate surface area is 179 Å². The second-order valence-corrected chi connectivity index (χ2v) is 9.97. The molecule has 7 heteroatoms. The lowest BCUT2D eigenvalue weighted by Crippen LogP contribution is -2.26. The zero-order valence-electron chi connectivity index (χ0n) is 16.3. The Hall–Kier alpha value is -1.74. The van der Waals surface area contributed by atoms with Crippen molar-refractivity contribution in [3.8, 4) is 11.8 Å². The fourth-order valence-electron chi connectivity index (χ4n) is 3.59. The molecule has 28 heavy (non-hydrogen) atoms. The van der Waals surface area contributed by atoms with Crippen LogP contribution in [0.25, 0.3) is 0 Å². The number of nitrogens with zero attached hydrogens (tertiary/aromatic N) is 1. The predicted octanol–water partition coefficient (Wildman–Crippen LogP) is 6.34. The van der Waals surface area contributed by atoms with E-state index in [9.17, 15) is 10.1 Å². The Morgan fingerprint density at radius 3 is 2.50 bits per heavy atom. The largest absolute Gasteiger partial charge is 0.494 e. The molecule has 2 aromatic rings. The molecular formula is C21H22Cl2N2O2S. The molecule has 148 valence electrons. The summed E-state index contributed by atoms with van der Waals surface area (Å²) < 4.78 is 5.12. The molecule has 4 nitrogen and oxygen atoms in total. The first-order chi connectivity index (χ1) is 13.2. The maximum absolute atomic E-state index is 12.8. The summed E-state index contributed by atoms with van der Waals surface area (Å²) in [7, 11) is 1.47. The lowest BCUT2D eigenvalue weighted by Gasteiger charge is -2.33. The van der Waals surface area contributed by atoms with Crippen LogP contribution in [0.2, 0.25) is 10.0 Å². The van der Waals surface area contributed by atoms with Crippen molar-refractivity contribution in [2.24, 2.45) is 11.3 Å². The Morgan fingerprint density at radius 1 is 1.32 bits per heavy atom. The van der Waals surface area contributed by atoms with E-state index in [1.807, 2.05) is 0 Å². The molecule has 1 aliphatic carbocycles. The minimum Gasteiger partial charge on any atom is -0.494 e. The number of ether oxygens (including phenoxy) is 1. The van der Waals surface area contributed by atoms with Gasteiger partial charge in [-0.05, 0) is 48.3 Å². The van der Waals surface area contributed by atoms with Gasteiger partial charge in [0.15, 0.2) is 5.75 Å². The van der Waals surface area contributed by atoms with Gasteiger partial charge in [0.05, 0.1) is 22.7 Å². The number of benzene rings is 1. The van der Waals surface area contributed by atoms with Crippen LogP contribution in [0.3, 0.4) is 0 Å². The molecule has 1 N–H and O–H groups in total. The van der Waals surface area contributed by atoms with Gasteiger partial charge in [0, 0.05) is 10.4 Å². The molecule has 0 fully saturated rings. The molecule has 1 aromatic carbocycles. The molecule has 1 amide bonds. The van der Waals surface area contributed by atoms with E-state index in [-0.39, 0.29) is 21.4 Å². The topological polar surface area (TPSA) is 62.1 Å². The van der Waals surface area contributed by atoms with Crippen LogP contribution in [0.1, 0.15) is 53.6 Å². The molecule has 0 unspecified atom stereocenters. The first-order valence-electron chi connectivity index (χ1n) is 9.04. The number of halogens is 2. The summed E-state index contributed by atoms with van der Waals surface area (Å²) in [5, 5.41) is 13.7. The van der Waals surface area contributed by atoms with Gasteiger partial charge in [-0.2, -0.15) is 5.26 Å². The fourth-order valence-corrected chi connectivity index (χ4v) is 5.51. The SMILES string of the molecule is COc1c(Cl)cc(C(=O)Nc2sc3c(c2C#N)CC[C@@H](C(C)(C)C)C3)cc1Cl. The van der Waals surface area contributed by atoms with Gasteiger partial charge in [-0.25, -0.2) is 0 Å². The number of nitriles is 1. The molecule has 1 heterocycles. The summed E-state index contributed by atoms with van der Waals surface area (Å²) in [6.45, 7) is 6.75. The normalized spacial score (nSPS) is 16.2. The monoisotopic (exact) mass is 436 g/mol. The number of hydrogen-bond acceptors (Lipinski definition) is 4. The molecule has 0 radical (unpaired) electrons. The van der Waals surface area contributed by atoms with Gasteiger partial charge in [-0.15, -0.1) is 11.3 Å². The molecule has 0 spiro atoms. The van der Waals surface area contributed by atoms with E-state index in [0.29, 0.717) is 27.8 Å². The zero-order chi connectivity index (χ0) is 20.6.